The first kappa shape index (κ1) is 22.8. The van der Waals surface area contributed by atoms with Crippen LogP contribution in [0.2, 0.25) is 0 Å². The smallest absolute Gasteiger partial charge is 0.416 e. The topological polar surface area (TPSA) is 90.1 Å². The van der Waals surface area contributed by atoms with Crippen molar-refractivity contribution in [1.82, 2.24) is 19.7 Å². The Morgan fingerprint density at radius 1 is 1.03 bits per heavy atom. The van der Waals surface area contributed by atoms with Gasteiger partial charge in [-0.05, 0) is 24.3 Å². The van der Waals surface area contributed by atoms with Crippen molar-refractivity contribution in [3.8, 4) is 17.3 Å². The van der Waals surface area contributed by atoms with Gasteiger partial charge in [-0.2, -0.15) is 26.3 Å². The minimum atomic E-state index is -5.03. The van der Waals surface area contributed by atoms with E-state index in [9.17, 15) is 36.2 Å². The first-order chi connectivity index (χ1) is 14.9. The van der Waals surface area contributed by atoms with Crippen molar-refractivity contribution >= 4 is 17.7 Å². The van der Waals surface area contributed by atoms with Crippen LogP contribution in [-0.4, -0.2) is 37.9 Å². The molecule has 1 aromatic carbocycles. The summed E-state index contributed by atoms with van der Waals surface area (Å²) < 4.78 is 84.1. The van der Waals surface area contributed by atoms with Gasteiger partial charge < -0.3 is 9.84 Å². The molecule has 0 aliphatic rings. The predicted octanol–water partition coefficient (Wildman–Crippen LogP) is 4.47. The van der Waals surface area contributed by atoms with E-state index in [1.54, 1.807) is 0 Å². The van der Waals surface area contributed by atoms with Crippen LogP contribution in [0.25, 0.3) is 23.2 Å². The van der Waals surface area contributed by atoms with Gasteiger partial charge in [-0.3, -0.25) is 0 Å². The minimum Gasteiger partial charge on any atom is -0.481 e. The number of nitrogens with zero attached hydrogens (tertiary/aromatic N) is 4. The molecule has 0 bridgehead atoms. The first-order valence-electron chi connectivity index (χ1n) is 8.55. The monoisotopic (exact) mass is 458 g/mol. The summed E-state index contributed by atoms with van der Waals surface area (Å²) in [7, 11) is 1.37. The Morgan fingerprint density at radius 2 is 1.66 bits per heavy atom. The maximum atomic E-state index is 13.1. The highest BCUT2D eigenvalue weighted by molar-refractivity contribution is 6.19. The van der Waals surface area contributed by atoms with Crippen molar-refractivity contribution in [2.24, 2.45) is 0 Å². The number of methoxy groups -OCH3 is 1. The number of ether oxygens (including phenoxy) is 1. The number of carboxylic acid groups (broad SMARTS) is 1. The van der Waals surface area contributed by atoms with Crippen LogP contribution in [0.1, 0.15) is 16.7 Å². The highest BCUT2D eigenvalue weighted by atomic mass is 19.4. The van der Waals surface area contributed by atoms with Crippen LogP contribution in [0.3, 0.4) is 0 Å². The molecule has 0 aliphatic carbocycles. The van der Waals surface area contributed by atoms with E-state index in [0.29, 0.717) is 12.1 Å². The van der Waals surface area contributed by atoms with Crippen molar-refractivity contribution in [2.45, 2.75) is 12.4 Å². The van der Waals surface area contributed by atoms with Crippen molar-refractivity contribution in [2.75, 3.05) is 7.11 Å². The number of aromatic nitrogens is 4. The van der Waals surface area contributed by atoms with Gasteiger partial charge in [0.05, 0.1) is 23.8 Å². The zero-order valence-electron chi connectivity index (χ0n) is 15.9. The molecule has 3 rings (SSSR count). The summed E-state index contributed by atoms with van der Waals surface area (Å²) >= 11 is 0. The molecule has 0 amide bonds. The van der Waals surface area contributed by atoms with Gasteiger partial charge in [0.2, 0.25) is 5.88 Å². The lowest BCUT2D eigenvalue weighted by atomic mass is 10.0. The summed E-state index contributed by atoms with van der Waals surface area (Å²) in [4.78, 5) is 19.2. The molecule has 32 heavy (non-hydrogen) atoms. The van der Waals surface area contributed by atoms with Crippen LogP contribution in [0.5, 0.6) is 5.88 Å². The Balaban J connectivity index is 2.04. The van der Waals surface area contributed by atoms with Gasteiger partial charge in [0.15, 0.2) is 5.82 Å². The molecule has 2 heterocycles. The second-order valence-corrected chi connectivity index (χ2v) is 6.28. The summed E-state index contributed by atoms with van der Waals surface area (Å²) in [6, 6.07) is 3.74. The predicted molar refractivity (Wildman–Crippen MR) is 98.1 cm³/mol. The average molecular weight is 458 g/mol. The standard InChI is InChI=1S/C19H12F6N4O3/c1-32-15-3-2-10(7-26-15)14(17(30)31)8-29-9-27-16(28-29)11-4-12(18(20,21)22)6-13(5-11)19(23,24)25/h2-9H,1H3,(H,30,31)/b14-8+. The maximum absolute atomic E-state index is 13.1. The Morgan fingerprint density at radius 3 is 2.12 bits per heavy atom. The number of alkyl halides is 6. The lowest BCUT2D eigenvalue weighted by Crippen LogP contribution is -2.11. The first-order valence-corrected chi connectivity index (χ1v) is 8.55. The van der Waals surface area contributed by atoms with Crippen LogP contribution in [0.4, 0.5) is 26.3 Å². The van der Waals surface area contributed by atoms with Gasteiger partial charge in [0.25, 0.3) is 0 Å². The number of carbonyl (C=O) groups is 1. The number of hydrogen-bond acceptors (Lipinski definition) is 5. The number of rotatable bonds is 5. The van der Waals surface area contributed by atoms with E-state index in [1.165, 1.54) is 25.4 Å². The second-order valence-electron chi connectivity index (χ2n) is 6.28. The van der Waals surface area contributed by atoms with Gasteiger partial charge in [0, 0.05) is 29.6 Å². The number of carboxylic acids is 1. The van der Waals surface area contributed by atoms with E-state index in [4.69, 9.17) is 4.74 Å². The molecule has 0 atom stereocenters. The molecular weight excluding hydrogens is 446 g/mol. The van der Waals surface area contributed by atoms with Crippen LogP contribution in [0.15, 0.2) is 42.9 Å². The number of halogens is 6. The van der Waals surface area contributed by atoms with Crippen molar-refractivity contribution in [3.05, 3.63) is 59.5 Å². The van der Waals surface area contributed by atoms with Crippen LogP contribution in [0, 0.1) is 0 Å². The van der Waals surface area contributed by atoms with E-state index >= 15 is 0 Å². The third-order valence-corrected chi connectivity index (χ3v) is 4.10. The zero-order valence-corrected chi connectivity index (χ0v) is 15.9. The Bertz CT molecular complexity index is 1130. The molecule has 2 aromatic heterocycles. The second kappa shape index (κ2) is 8.32. The van der Waals surface area contributed by atoms with E-state index in [2.05, 4.69) is 15.1 Å². The number of aliphatic carboxylic acids is 1. The van der Waals surface area contributed by atoms with Gasteiger partial charge in [0.1, 0.15) is 6.33 Å². The largest absolute Gasteiger partial charge is 0.481 e. The summed E-state index contributed by atoms with van der Waals surface area (Å²) in [5.41, 5.74) is -3.75. The molecule has 0 fully saturated rings. The zero-order chi connectivity index (χ0) is 23.7. The maximum Gasteiger partial charge on any atom is 0.416 e. The summed E-state index contributed by atoms with van der Waals surface area (Å²) in [5.74, 6) is -1.62. The fourth-order valence-corrected chi connectivity index (χ4v) is 2.60. The Hall–Kier alpha value is -3.90. The SMILES string of the molecule is COc1ccc(/C(=C\n2cnc(-c3cc(C(F)(F)F)cc(C(F)(F)F)c3)n2)C(=O)O)cn1. The molecule has 7 nitrogen and oxygen atoms in total. The average Bonchev–Trinajstić information content (AvgIpc) is 3.19. The summed E-state index contributed by atoms with van der Waals surface area (Å²) in [5, 5.41) is 13.2. The fraction of sp³-hybridized carbons (Fsp3) is 0.158. The van der Waals surface area contributed by atoms with Gasteiger partial charge >= 0.3 is 18.3 Å². The molecule has 13 heteroatoms. The normalized spacial score (nSPS) is 12.7. The lowest BCUT2D eigenvalue weighted by molar-refractivity contribution is -0.143. The van der Waals surface area contributed by atoms with E-state index in [0.717, 1.165) is 17.2 Å². The van der Waals surface area contributed by atoms with Gasteiger partial charge in [-0.15, -0.1) is 5.10 Å². The molecule has 0 spiro atoms. The third kappa shape index (κ3) is 5.04. The molecule has 3 aromatic rings. The molecule has 1 N–H and O–H groups in total. The number of hydrogen-bond donors (Lipinski definition) is 1. The van der Waals surface area contributed by atoms with Crippen molar-refractivity contribution in [1.29, 1.82) is 0 Å². The Labute approximate surface area is 175 Å². The van der Waals surface area contributed by atoms with Crippen LogP contribution < -0.4 is 4.74 Å². The van der Waals surface area contributed by atoms with Crippen LogP contribution in [-0.2, 0) is 17.1 Å². The van der Waals surface area contributed by atoms with Crippen molar-refractivity contribution in [3.63, 3.8) is 0 Å². The molecule has 0 radical (unpaired) electrons. The highest BCUT2D eigenvalue weighted by Crippen LogP contribution is 2.38. The highest BCUT2D eigenvalue weighted by Gasteiger charge is 2.37. The van der Waals surface area contributed by atoms with Crippen molar-refractivity contribution < 1.29 is 41.0 Å². The summed E-state index contributed by atoms with van der Waals surface area (Å²) in [6.45, 7) is 0. The third-order valence-electron chi connectivity index (χ3n) is 4.10. The minimum absolute atomic E-state index is 0.0143. The van der Waals surface area contributed by atoms with E-state index in [1.807, 2.05) is 0 Å². The van der Waals surface area contributed by atoms with E-state index < -0.39 is 40.8 Å². The number of pyridine rings is 1. The Kier molecular flexibility index (Phi) is 5.92. The van der Waals surface area contributed by atoms with Gasteiger partial charge in [-0.1, -0.05) is 0 Å². The van der Waals surface area contributed by atoms with Crippen LogP contribution >= 0.6 is 0 Å². The quantitative estimate of drug-likeness (QED) is 0.448. The molecule has 0 unspecified atom stereocenters. The fourth-order valence-electron chi connectivity index (χ4n) is 2.60. The van der Waals surface area contributed by atoms with E-state index in [-0.39, 0.29) is 23.1 Å². The molecule has 168 valence electrons. The van der Waals surface area contributed by atoms with Gasteiger partial charge in [-0.25, -0.2) is 19.4 Å². The molecule has 0 aliphatic heterocycles. The molecular formula is C19H12F6N4O3. The molecule has 0 saturated carbocycles. The number of benzene rings is 1. The summed E-state index contributed by atoms with van der Waals surface area (Å²) in [6.07, 6.45) is -6.92. The lowest BCUT2D eigenvalue weighted by Gasteiger charge is -2.13. The molecule has 0 saturated heterocycles.